The van der Waals surface area contributed by atoms with Crippen LogP contribution in [0, 0.1) is 0 Å². The number of hydrogen-bond acceptors (Lipinski definition) is 5. The zero-order valence-electron chi connectivity index (χ0n) is 13.7. The number of benzene rings is 1. The van der Waals surface area contributed by atoms with Crippen molar-refractivity contribution in [2.45, 2.75) is 6.54 Å². The van der Waals surface area contributed by atoms with Crippen molar-refractivity contribution in [2.24, 2.45) is 0 Å². The number of pyridine rings is 1. The third-order valence-electron chi connectivity index (χ3n) is 3.74. The summed E-state index contributed by atoms with van der Waals surface area (Å²) in [6.45, 7) is 0.349. The van der Waals surface area contributed by atoms with Gasteiger partial charge in [-0.15, -0.1) is 0 Å². The van der Waals surface area contributed by atoms with Gasteiger partial charge < -0.3 is 10.1 Å². The molecule has 7 nitrogen and oxygen atoms in total. The lowest BCUT2D eigenvalue weighted by atomic mass is 10.2. The van der Waals surface area contributed by atoms with Gasteiger partial charge in [0.25, 0.3) is 5.91 Å². The van der Waals surface area contributed by atoms with E-state index in [1.54, 1.807) is 35.2 Å². The second-order valence-electron chi connectivity index (χ2n) is 5.55. The number of nitrogens with zero attached hydrogens (tertiary/aromatic N) is 4. The summed E-state index contributed by atoms with van der Waals surface area (Å²) in [5.74, 6) is 0.989. The topological polar surface area (TPSA) is 81.4 Å². The van der Waals surface area contributed by atoms with E-state index in [2.05, 4.69) is 20.4 Å². The summed E-state index contributed by atoms with van der Waals surface area (Å²) in [4.78, 5) is 20.8. The molecule has 0 saturated heterocycles. The highest BCUT2D eigenvalue weighted by atomic mass is 16.5. The number of para-hydroxylation sites is 1. The lowest BCUT2D eigenvalue weighted by Crippen LogP contribution is -2.22. The maximum atomic E-state index is 12.4. The van der Waals surface area contributed by atoms with Crippen LogP contribution in [0.2, 0.25) is 0 Å². The Hall–Kier alpha value is -3.74. The van der Waals surface area contributed by atoms with Crippen LogP contribution < -0.4 is 10.1 Å². The van der Waals surface area contributed by atoms with Crippen LogP contribution in [-0.4, -0.2) is 25.5 Å². The zero-order valence-corrected chi connectivity index (χ0v) is 13.7. The normalized spacial score (nSPS) is 10.6. The third kappa shape index (κ3) is 3.36. The number of hydrogen-bond donors (Lipinski definition) is 1. The quantitative estimate of drug-likeness (QED) is 0.601. The first-order valence-electron chi connectivity index (χ1n) is 8.04. The average molecular weight is 345 g/mol. The van der Waals surface area contributed by atoms with E-state index >= 15 is 0 Å². The Balaban J connectivity index is 1.39. The van der Waals surface area contributed by atoms with Gasteiger partial charge in [-0.25, -0.2) is 14.5 Å². The van der Waals surface area contributed by atoms with Gasteiger partial charge in [0.05, 0.1) is 6.20 Å². The molecule has 1 amide bonds. The lowest BCUT2D eigenvalue weighted by molar-refractivity contribution is 0.0952. The first-order chi connectivity index (χ1) is 12.8. The van der Waals surface area contributed by atoms with Crippen molar-refractivity contribution >= 4 is 11.6 Å². The molecular weight excluding hydrogens is 330 g/mol. The minimum atomic E-state index is -0.233. The predicted molar refractivity (Wildman–Crippen MR) is 94.9 cm³/mol. The Morgan fingerprint density at radius 2 is 1.92 bits per heavy atom. The van der Waals surface area contributed by atoms with Crippen molar-refractivity contribution in [2.75, 3.05) is 0 Å². The van der Waals surface area contributed by atoms with Gasteiger partial charge in [-0.1, -0.05) is 24.3 Å². The second kappa shape index (κ2) is 7.02. The van der Waals surface area contributed by atoms with E-state index in [0.717, 1.165) is 11.3 Å². The van der Waals surface area contributed by atoms with E-state index in [1.165, 1.54) is 6.20 Å². The molecule has 4 aromatic rings. The molecule has 128 valence electrons. The summed E-state index contributed by atoms with van der Waals surface area (Å²) in [5.41, 5.74) is 1.82. The molecule has 0 fully saturated rings. The van der Waals surface area contributed by atoms with Crippen LogP contribution in [0.3, 0.4) is 0 Å². The standard InChI is InChI=1S/C19H15N5O2/c25-19(16-13-23-24-10-4-9-20-18(16)24)22-12-14-7-8-17(21-11-14)26-15-5-2-1-3-6-15/h1-11,13H,12H2,(H,22,25). The van der Waals surface area contributed by atoms with E-state index < -0.39 is 0 Å². The molecule has 0 aliphatic rings. The molecule has 1 N–H and O–H groups in total. The number of carbonyl (C=O) groups excluding carboxylic acids is 1. The lowest BCUT2D eigenvalue weighted by Gasteiger charge is -2.06. The Morgan fingerprint density at radius 1 is 1.04 bits per heavy atom. The molecule has 26 heavy (non-hydrogen) atoms. The van der Waals surface area contributed by atoms with E-state index in [-0.39, 0.29) is 5.91 Å². The van der Waals surface area contributed by atoms with Crippen molar-refractivity contribution in [3.8, 4) is 11.6 Å². The number of rotatable bonds is 5. The summed E-state index contributed by atoms with van der Waals surface area (Å²) in [7, 11) is 0. The summed E-state index contributed by atoms with van der Waals surface area (Å²) in [6, 6.07) is 14.8. The Labute approximate surface area is 149 Å². The van der Waals surface area contributed by atoms with Gasteiger partial charge in [-0.3, -0.25) is 4.79 Å². The average Bonchev–Trinajstić information content (AvgIpc) is 3.12. The molecule has 0 aliphatic heterocycles. The first kappa shape index (κ1) is 15.8. The van der Waals surface area contributed by atoms with Crippen LogP contribution in [0.4, 0.5) is 0 Å². The van der Waals surface area contributed by atoms with E-state index in [1.807, 2.05) is 36.4 Å². The van der Waals surface area contributed by atoms with Crippen LogP contribution in [0.5, 0.6) is 11.6 Å². The van der Waals surface area contributed by atoms with Gasteiger partial charge in [0.1, 0.15) is 11.3 Å². The monoisotopic (exact) mass is 345 g/mol. The summed E-state index contributed by atoms with van der Waals surface area (Å²) in [5, 5.41) is 6.96. The molecule has 7 heteroatoms. The fourth-order valence-corrected chi connectivity index (χ4v) is 2.45. The molecule has 0 unspecified atom stereocenters. The van der Waals surface area contributed by atoms with E-state index in [9.17, 15) is 4.79 Å². The van der Waals surface area contributed by atoms with Gasteiger partial charge in [0.15, 0.2) is 5.65 Å². The molecule has 4 rings (SSSR count). The SMILES string of the molecule is O=C(NCc1ccc(Oc2ccccc2)nc1)c1cnn2cccnc12. The highest BCUT2D eigenvalue weighted by Gasteiger charge is 2.13. The van der Waals surface area contributed by atoms with Gasteiger partial charge in [-0.05, 0) is 23.8 Å². The molecule has 3 heterocycles. The van der Waals surface area contributed by atoms with Crippen LogP contribution in [0.1, 0.15) is 15.9 Å². The first-order valence-corrected chi connectivity index (χ1v) is 8.04. The number of fused-ring (bicyclic) bond motifs is 1. The van der Waals surface area contributed by atoms with Crippen molar-refractivity contribution in [1.82, 2.24) is 24.9 Å². The minimum absolute atomic E-state index is 0.233. The molecular formula is C19H15N5O2. The number of aromatic nitrogens is 4. The fourth-order valence-electron chi connectivity index (χ4n) is 2.45. The molecule has 0 saturated carbocycles. The second-order valence-corrected chi connectivity index (χ2v) is 5.55. The van der Waals surface area contributed by atoms with Crippen LogP contribution in [0.25, 0.3) is 5.65 Å². The summed E-state index contributed by atoms with van der Waals surface area (Å²) >= 11 is 0. The fraction of sp³-hybridized carbons (Fsp3) is 0.0526. The molecule has 0 bridgehead atoms. The molecule has 0 atom stereocenters. The van der Waals surface area contributed by atoms with Gasteiger partial charge in [0.2, 0.25) is 5.88 Å². The van der Waals surface area contributed by atoms with Crippen LogP contribution in [-0.2, 0) is 6.54 Å². The zero-order chi connectivity index (χ0) is 17.8. The molecule has 3 aromatic heterocycles. The Bertz CT molecular complexity index is 1030. The highest BCUT2D eigenvalue weighted by Crippen LogP contribution is 2.18. The largest absolute Gasteiger partial charge is 0.439 e. The Morgan fingerprint density at radius 3 is 2.73 bits per heavy atom. The third-order valence-corrected chi connectivity index (χ3v) is 3.74. The summed E-state index contributed by atoms with van der Waals surface area (Å²) in [6.07, 6.45) is 6.55. The number of nitrogens with one attached hydrogen (secondary N) is 1. The summed E-state index contributed by atoms with van der Waals surface area (Å²) < 4.78 is 7.21. The molecule has 0 spiro atoms. The smallest absolute Gasteiger partial charge is 0.257 e. The van der Waals surface area contributed by atoms with E-state index in [4.69, 9.17) is 4.74 Å². The maximum Gasteiger partial charge on any atom is 0.257 e. The van der Waals surface area contributed by atoms with Crippen molar-refractivity contribution in [3.05, 3.63) is 84.4 Å². The Kier molecular flexibility index (Phi) is 4.26. The number of amides is 1. The van der Waals surface area contributed by atoms with Crippen molar-refractivity contribution in [1.29, 1.82) is 0 Å². The molecule has 1 aromatic carbocycles. The maximum absolute atomic E-state index is 12.4. The van der Waals surface area contributed by atoms with Crippen molar-refractivity contribution in [3.63, 3.8) is 0 Å². The minimum Gasteiger partial charge on any atom is -0.439 e. The molecule has 0 radical (unpaired) electrons. The van der Waals surface area contributed by atoms with Crippen LogP contribution in [0.15, 0.2) is 73.3 Å². The van der Waals surface area contributed by atoms with Gasteiger partial charge in [0, 0.05) is 31.2 Å². The molecule has 0 aliphatic carbocycles. The van der Waals surface area contributed by atoms with Crippen molar-refractivity contribution < 1.29 is 9.53 Å². The number of carbonyl (C=O) groups is 1. The predicted octanol–water partition coefficient (Wildman–Crippen LogP) is 2.85. The van der Waals surface area contributed by atoms with Gasteiger partial charge in [-0.2, -0.15) is 5.10 Å². The van der Waals surface area contributed by atoms with E-state index in [0.29, 0.717) is 23.6 Å². The van der Waals surface area contributed by atoms with Gasteiger partial charge >= 0.3 is 0 Å². The number of ether oxygens (including phenoxy) is 1. The van der Waals surface area contributed by atoms with Crippen LogP contribution >= 0.6 is 0 Å². The highest BCUT2D eigenvalue weighted by molar-refractivity contribution is 5.99.